The maximum atomic E-state index is 12.2. The fourth-order valence-corrected chi connectivity index (χ4v) is 3.73. The molecule has 1 aromatic heterocycles. The van der Waals surface area contributed by atoms with E-state index in [1.807, 2.05) is 25.1 Å². The molecule has 0 unspecified atom stereocenters. The molecule has 1 aliphatic carbocycles. The summed E-state index contributed by atoms with van der Waals surface area (Å²) < 4.78 is 0. The molecule has 0 saturated heterocycles. The van der Waals surface area contributed by atoms with E-state index in [4.69, 9.17) is 0 Å². The van der Waals surface area contributed by atoms with Crippen LogP contribution < -0.4 is 5.32 Å². The molecule has 2 rings (SSSR count). The average molecular weight is 292 g/mol. The Morgan fingerprint density at radius 1 is 1.40 bits per heavy atom. The van der Waals surface area contributed by atoms with Gasteiger partial charge in [-0.25, -0.2) is 0 Å². The molecule has 1 heterocycles. The second-order valence-electron chi connectivity index (χ2n) is 5.77. The van der Waals surface area contributed by atoms with Gasteiger partial charge in [-0.3, -0.25) is 4.79 Å². The van der Waals surface area contributed by atoms with E-state index in [1.54, 1.807) is 17.4 Å². The van der Waals surface area contributed by atoms with Crippen molar-refractivity contribution in [2.45, 2.75) is 37.6 Å². The molecule has 0 bridgehead atoms. The van der Waals surface area contributed by atoms with Crippen molar-refractivity contribution in [1.82, 2.24) is 10.2 Å². The number of thiophene rings is 1. The average Bonchev–Trinajstić information content (AvgIpc) is 2.93. The third kappa shape index (κ3) is 3.93. The summed E-state index contributed by atoms with van der Waals surface area (Å²) in [5, 5.41) is 5.37. The Morgan fingerprint density at radius 3 is 2.75 bits per heavy atom. The van der Waals surface area contributed by atoms with E-state index in [0.717, 1.165) is 19.4 Å². The standard InChI is InChI=1S/C16H24N2OS/c1-18(2)12-6-9-15(19)17-16(10-4-3-5-11-16)14-8-7-13-20-14/h6-9,13H,3-5,10-12H2,1-2H3,(H,17,19)/b9-6+. The zero-order valence-electron chi connectivity index (χ0n) is 12.4. The van der Waals surface area contributed by atoms with Crippen molar-refractivity contribution in [1.29, 1.82) is 0 Å². The van der Waals surface area contributed by atoms with Crippen LogP contribution in [0.25, 0.3) is 0 Å². The molecule has 1 saturated carbocycles. The van der Waals surface area contributed by atoms with E-state index in [9.17, 15) is 4.79 Å². The molecule has 0 radical (unpaired) electrons. The normalized spacial score (nSPS) is 18.6. The van der Waals surface area contributed by atoms with Crippen molar-refractivity contribution in [2.75, 3.05) is 20.6 Å². The van der Waals surface area contributed by atoms with Gasteiger partial charge in [-0.1, -0.05) is 31.4 Å². The van der Waals surface area contributed by atoms with Gasteiger partial charge in [0.1, 0.15) is 0 Å². The minimum Gasteiger partial charge on any atom is -0.342 e. The molecule has 20 heavy (non-hydrogen) atoms. The molecule has 110 valence electrons. The highest BCUT2D eigenvalue weighted by Gasteiger charge is 2.35. The van der Waals surface area contributed by atoms with Gasteiger partial charge < -0.3 is 10.2 Å². The first-order valence-electron chi connectivity index (χ1n) is 7.30. The van der Waals surface area contributed by atoms with Crippen LogP contribution in [0.3, 0.4) is 0 Å². The summed E-state index contributed by atoms with van der Waals surface area (Å²) >= 11 is 1.75. The number of carbonyl (C=O) groups excluding carboxylic acids is 1. The molecule has 4 heteroatoms. The molecule has 1 aromatic rings. The van der Waals surface area contributed by atoms with Gasteiger partial charge in [-0.05, 0) is 38.4 Å². The van der Waals surface area contributed by atoms with Crippen LogP contribution in [0, 0.1) is 0 Å². The summed E-state index contributed by atoms with van der Waals surface area (Å²) in [6.07, 6.45) is 9.37. The quantitative estimate of drug-likeness (QED) is 0.846. The second kappa shape index (κ2) is 7.04. The Bertz CT molecular complexity index is 445. The van der Waals surface area contributed by atoms with Gasteiger partial charge in [-0.2, -0.15) is 0 Å². The van der Waals surface area contributed by atoms with E-state index in [-0.39, 0.29) is 11.4 Å². The number of nitrogens with one attached hydrogen (secondary N) is 1. The molecule has 0 aromatic carbocycles. The third-order valence-electron chi connectivity index (χ3n) is 3.80. The van der Waals surface area contributed by atoms with Gasteiger partial charge in [0.05, 0.1) is 5.54 Å². The summed E-state index contributed by atoms with van der Waals surface area (Å²) in [7, 11) is 3.99. The van der Waals surface area contributed by atoms with E-state index < -0.39 is 0 Å². The van der Waals surface area contributed by atoms with Gasteiger partial charge in [0.15, 0.2) is 0 Å². The summed E-state index contributed by atoms with van der Waals surface area (Å²) in [6, 6.07) is 4.23. The molecule has 0 spiro atoms. The second-order valence-corrected chi connectivity index (χ2v) is 6.72. The minimum absolute atomic E-state index is 0.0298. The summed E-state index contributed by atoms with van der Waals surface area (Å²) in [5.74, 6) is 0.0298. The summed E-state index contributed by atoms with van der Waals surface area (Å²) in [6.45, 7) is 0.791. The number of likely N-dealkylation sites (N-methyl/N-ethyl adjacent to an activating group) is 1. The maximum Gasteiger partial charge on any atom is 0.244 e. The van der Waals surface area contributed by atoms with Crippen molar-refractivity contribution >= 4 is 17.2 Å². The monoisotopic (exact) mass is 292 g/mol. The van der Waals surface area contributed by atoms with Gasteiger partial charge in [0, 0.05) is 17.5 Å². The first-order chi connectivity index (χ1) is 9.62. The summed E-state index contributed by atoms with van der Waals surface area (Å²) in [4.78, 5) is 15.5. The van der Waals surface area contributed by atoms with Crippen molar-refractivity contribution in [2.24, 2.45) is 0 Å². The van der Waals surface area contributed by atoms with E-state index in [2.05, 4.69) is 22.8 Å². The lowest BCUT2D eigenvalue weighted by molar-refractivity contribution is -0.118. The molecule has 1 fully saturated rings. The largest absolute Gasteiger partial charge is 0.342 e. The number of nitrogens with zero attached hydrogens (tertiary/aromatic N) is 1. The van der Waals surface area contributed by atoms with Crippen LogP contribution in [0.15, 0.2) is 29.7 Å². The molecule has 1 aliphatic rings. The molecular formula is C16H24N2OS. The predicted molar refractivity (Wildman–Crippen MR) is 84.9 cm³/mol. The fraction of sp³-hybridized carbons (Fsp3) is 0.562. The van der Waals surface area contributed by atoms with Crippen LogP contribution in [0.4, 0.5) is 0 Å². The van der Waals surface area contributed by atoms with Gasteiger partial charge in [0.25, 0.3) is 0 Å². The summed E-state index contributed by atoms with van der Waals surface area (Å²) in [5.41, 5.74) is -0.133. The van der Waals surface area contributed by atoms with Crippen molar-refractivity contribution in [3.63, 3.8) is 0 Å². The van der Waals surface area contributed by atoms with Crippen LogP contribution in [-0.2, 0) is 10.3 Å². The van der Waals surface area contributed by atoms with Crippen LogP contribution in [0.1, 0.15) is 37.0 Å². The molecule has 1 amide bonds. The van der Waals surface area contributed by atoms with Crippen molar-refractivity contribution in [3.05, 3.63) is 34.5 Å². The lowest BCUT2D eigenvalue weighted by Gasteiger charge is -2.37. The topological polar surface area (TPSA) is 32.3 Å². The number of rotatable bonds is 5. The Kier molecular flexibility index (Phi) is 5.38. The van der Waals surface area contributed by atoms with Gasteiger partial charge in [0.2, 0.25) is 5.91 Å². The van der Waals surface area contributed by atoms with Gasteiger partial charge in [-0.15, -0.1) is 11.3 Å². The van der Waals surface area contributed by atoms with Crippen LogP contribution >= 0.6 is 11.3 Å². The van der Waals surface area contributed by atoms with Crippen LogP contribution in [-0.4, -0.2) is 31.4 Å². The number of hydrogen-bond donors (Lipinski definition) is 1. The third-order valence-corrected chi connectivity index (χ3v) is 4.88. The molecule has 1 N–H and O–H groups in total. The number of hydrogen-bond acceptors (Lipinski definition) is 3. The molecule has 0 atom stereocenters. The highest BCUT2D eigenvalue weighted by Crippen LogP contribution is 2.39. The fourth-order valence-electron chi connectivity index (χ4n) is 2.79. The molecular weight excluding hydrogens is 268 g/mol. The van der Waals surface area contributed by atoms with Gasteiger partial charge >= 0.3 is 0 Å². The molecule has 0 aliphatic heterocycles. The van der Waals surface area contributed by atoms with E-state index in [0.29, 0.717) is 0 Å². The number of amides is 1. The first kappa shape index (κ1) is 15.3. The molecule has 3 nitrogen and oxygen atoms in total. The lowest BCUT2D eigenvalue weighted by atomic mass is 9.80. The first-order valence-corrected chi connectivity index (χ1v) is 8.18. The van der Waals surface area contributed by atoms with Crippen LogP contribution in [0.5, 0.6) is 0 Å². The van der Waals surface area contributed by atoms with E-state index >= 15 is 0 Å². The Balaban J connectivity index is 2.05. The van der Waals surface area contributed by atoms with E-state index in [1.165, 1.54) is 24.1 Å². The van der Waals surface area contributed by atoms with Crippen LogP contribution in [0.2, 0.25) is 0 Å². The SMILES string of the molecule is CN(C)C/C=C/C(=O)NC1(c2cccs2)CCCCC1. The van der Waals surface area contributed by atoms with Crippen molar-refractivity contribution < 1.29 is 4.79 Å². The Labute approximate surface area is 125 Å². The Hall–Kier alpha value is -1.13. The Morgan fingerprint density at radius 2 is 2.15 bits per heavy atom. The zero-order valence-corrected chi connectivity index (χ0v) is 13.2. The minimum atomic E-state index is -0.133. The zero-order chi connectivity index (χ0) is 14.4. The highest BCUT2D eigenvalue weighted by atomic mass is 32.1. The number of carbonyl (C=O) groups is 1. The smallest absolute Gasteiger partial charge is 0.244 e. The maximum absolute atomic E-state index is 12.2. The van der Waals surface area contributed by atoms with Crippen molar-refractivity contribution in [3.8, 4) is 0 Å². The highest BCUT2D eigenvalue weighted by molar-refractivity contribution is 7.10. The predicted octanol–water partition coefficient (Wildman–Crippen LogP) is 3.14. The lowest BCUT2D eigenvalue weighted by Crippen LogP contribution is -2.46.